The minimum absolute atomic E-state index is 0.178. The van der Waals surface area contributed by atoms with Gasteiger partial charge in [-0.2, -0.15) is 0 Å². The first-order chi connectivity index (χ1) is 6.95. The summed E-state index contributed by atoms with van der Waals surface area (Å²) < 4.78 is 0. The Morgan fingerprint density at radius 2 is 2.07 bits per heavy atom. The average Bonchev–Trinajstić information content (AvgIpc) is 2.21. The molecular weight excluding hydrogens is 184 g/mol. The Bertz CT molecular complexity index is 301. The molecule has 15 heavy (non-hydrogen) atoms. The minimum Gasteiger partial charge on any atom is -0.327 e. The highest BCUT2D eigenvalue weighted by atomic mass is 14.7. The van der Waals surface area contributed by atoms with E-state index in [1.807, 2.05) is 13.1 Å². The molecule has 2 nitrogen and oxygen atoms in total. The van der Waals surface area contributed by atoms with Gasteiger partial charge in [0.15, 0.2) is 0 Å². The Balaban J connectivity index is 2.66. The molecule has 1 aromatic rings. The van der Waals surface area contributed by atoms with Crippen LogP contribution in [0.2, 0.25) is 0 Å². The second-order valence-electron chi connectivity index (χ2n) is 4.98. The van der Waals surface area contributed by atoms with Crippen LogP contribution in [0.1, 0.15) is 38.4 Å². The van der Waals surface area contributed by atoms with Crippen molar-refractivity contribution in [2.24, 2.45) is 11.1 Å². The van der Waals surface area contributed by atoms with Crippen LogP contribution in [0, 0.1) is 12.3 Å². The van der Waals surface area contributed by atoms with E-state index in [1.54, 1.807) is 0 Å². The molecule has 1 atom stereocenters. The van der Waals surface area contributed by atoms with Crippen molar-refractivity contribution in [3.8, 4) is 0 Å². The van der Waals surface area contributed by atoms with Crippen LogP contribution in [0.4, 0.5) is 0 Å². The third-order valence-electron chi connectivity index (χ3n) is 3.32. The number of aryl methyl sites for hydroxylation is 1. The molecule has 0 saturated heterocycles. The Labute approximate surface area is 92.9 Å². The smallest absolute Gasteiger partial charge is 0.0419 e. The topological polar surface area (TPSA) is 38.9 Å². The van der Waals surface area contributed by atoms with Gasteiger partial charge >= 0.3 is 0 Å². The lowest BCUT2D eigenvalue weighted by atomic mass is 9.80. The summed E-state index contributed by atoms with van der Waals surface area (Å²) in [5, 5.41) is 0. The first-order valence-electron chi connectivity index (χ1n) is 5.63. The maximum absolute atomic E-state index is 6.19. The van der Waals surface area contributed by atoms with E-state index < -0.39 is 0 Å². The summed E-state index contributed by atoms with van der Waals surface area (Å²) in [7, 11) is 0. The van der Waals surface area contributed by atoms with Crippen LogP contribution in [-0.2, 0) is 6.42 Å². The predicted octanol–water partition coefficient (Wildman–Crippen LogP) is 2.70. The molecular formula is C13H22N2. The van der Waals surface area contributed by atoms with Crippen LogP contribution in [0.25, 0.3) is 0 Å². The van der Waals surface area contributed by atoms with Crippen LogP contribution in [-0.4, -0.2) is 11.0 Å². The number of nitrogens with zero attached hydrogens (tertiary/aromatic N) is 1. The molecule has 84 valence electrons. The van der Waals surface area contributed by atoms with Gasteiger partial charge in [-0.1, -0.05) is 26.8 Å². The summed E-state index contributed by atoms with van der Waals surface area (Å²) in [6.45, 7) is 8.66. The van der Waals surface area contributed by atoms with E-state index in [9.17, 15) is 0 Å². The van der Waals surface area contributed by atoms with Gasteiger partial charge in [0.25, 0.3) is 0 Å². The van der Waals surface area contributed by atoms with Gasteiger partial charge in [-0.3, -0.25) is 4.98 Å². The van der Waals surface area contributed by atoms with Crippen LogP contribution >= 0.6 is 0 Å². The van der Waals surface area contributed by atoms with Crippen molar-refractivity contribution in [2.75, 3.05) is 0 Å². The molecule has 1 rings (SSSR count). The van der Waals surface area contributed by atoms with Crippen molar-refractivity contribution in [2.45, 2.75) is 46.6 Å². The molecule has 0 aliphatic rings. The van der Waals surface area contributed by atoms with Crippen LogP contribution in [0.3, 0.4) is 0 Å². The number of nitrogens with two attached hydrogens (primary N) is 1. The van der Waals surface area contributed by atoms with Gasteiger partial charge in [0.05, 0.1) is 0 Å². The SMILES string of the molecule is CCC(C)(C)C(N)Cc1ccc(C)cn1. The average molecular weight is 206 g/mol. The van der Waals surface area contributed by atoms with Crippen molar-refractivity contribution < 1.29 is 0 Å². The second kappa shape index (κ2) is 4.75. The summed E-state index contributed by atoms with van der Waals surface area (Å²) in [5.74, 6) is 0. The summed E-state index contributed by atoms with van der Waals surface area (Å²) in [6.07, 6.45) is 3.86. The Morgan fingerprint density at radius 3 is 2.53 bits per heavy atom. The zero-order valence-electron chi connectivity index (χ0n) is 10.2. The van der Waals surface area contributed by atoms with Gasteiger partial charge in [-0.05, 0) is 30.4 Å². The molecule has 0 spiro atoms. The number of pyridine rings is 1. The molecule has 2 N–H and O–H groups in total. The molecule has 0 radical (unpaired) electrons. The molecule has 0 aromatic carbocycles. The fourth-order valence-electron chi connectivity index (χ4n) is 1.38. The molecule has 2 heteroatoms. The predicted molar refractivity (Wildman–Crippen MR) is 64.7 cm³/mol. The largest absolute Gasteiger partial charge is 0.327 e. The molecule has 1 heterocycles. The summed E-state index contributed by atoms with van der Waals surface area (Å²) in [5.41, 5.74) is 8.67. The zero-order chi connectivity index (χ0) is 11.5. The third kappa shape index (κ3) is 3.31. The van der Waals surface area contributed by atoms with E-state index in [-0.39, 0.29) is 11.5 Å². The van der Waals surface area contributed by atoms with Gasteiger partial charge in [0.2, 0.25) is 0 Å². The van der Waals surface area contributed by atoms with Gasteiger partial charge < -0.3 is 5.73 Å². The normalized spacial score (nSPS) is 13.9. The summed E-state index contributed by atoms with van der Waals surface area (Å²) in [4.78, 5) is 4.39. The van der Waals surface area contributed by atoms with Crippen LogP contribution < -0.4 is 5.73 Å². The molecule has 0 fully saturated rings. The van der Waals surface area contributed by atoms with E-state index in [0.717, 1.165) is 18.5 Å². The van der Waals surface area contributed by atoms with Crippen molar-refractivity contribution >= 4 is 0 Å². The monoisotopic (exact) mass is 206 g/mol. The van der Waals surface area contributed by atoms with Gasteiger partial charge in [-0.25, -0.2) is 0 Å². The first-order valence-corrected chi connectivity index (χ1v) is 5.63. The Kier molecular flexibility index (Phi) is 3.86. The van der Waals surface area contributed by atoms with Crippen molar-refractivity contribution in [1.29, 1.82) is 0 Å². The van der Waals surface area contributed by atoms with Crippen LogP contribution in [0.15, 0.2) is 18.3 Å². The molecule has 0 bridgehead atoms. The van der Waals surface area contributed by atoms with E-state index in [2.05, 4.69) is 37.9 Å². The zero-order valence-corrected chi connectivity index (χ0v) is 10.2. The number of hydrogen-bond acceptors (Lipinski definition) is 2. The van der Waals surface area contributed by atoms with E-state index in [0.29, 0.717) is 0 Å². The highest BCUT2D eigenvalue weighted by molar-refractivity contribution is 5.13. The highest BCUT2D eigenvalue weighted by Crippen LogP contribution is 2.25. The fraction of sp³-hybridized carbons (Fsp3) is 0.615. The third-order valence-corrected chi connectivity index (χ3v) is 3.32. The van der Waals surface area contributed by atoms with E-state index in [1.165, 1.54) is 5.56 Å². The lowest BCUT2D eigenvalue weighted by Gasteiger charge is -2.30. The molecule has 0 aliphatic carbocycles. The molecule has 0 aliphatic heterocycles. The van der Waals surface area contributed by atoms with Crippen molar-refractivity contribution in [3.05, 3.63) is 29.6 Å². The minimum atomic E-state index is 0.178. The number of hydrogen-bond donors (Lipinski definition) is 1. The van der Waals surface area contributed by atoms with Crippen molar-refractivity contribution in [3.63, 3.8) is 0 Å². The van der Waals surface area contributed by atoms with Gasteiger partial charge in [-0.15, -0.1) is 0 Å². The fourth-order valence-corrected chi connectivity index (χ4v) is 1.38. The lowest BCUT2D eigenvalue weighted by molar-refractivity contribution is 0.271. The van der Waals surface area contributed by atoms with Crippen LogP contribution in [0.5, 0.6) is 0 Å². The van der Waals surface area contributed by atoms with E-state index >= 15 is 0 Å². The van der Waals surface area contributed by atoms with Crippen molar-refractivity contribution in [1.82, 2.24) is 4.98 Å². The van der Waals surface area contributed by atoms with Gasteiger partial charge in [0, 0.05) is 24.4 Å². The quantitative estimate of drug-likeness (QED) is 0.822. The summed E-state index contributed by atoms with van der Waals surface area (Å²) >= 11 is 0. The second-order valence-corrected chi connectivity index (χ2v) is 4.98. The summed E-state index contributed by atoms with van der Waals surface area (Å²) in [6, 6.07) is 4.34. The standard InChI is InChI=1S/C13H22N2/c1-5-13(3,4)12(14)8-11-7-6-10(2)9-15-11/h6-7,9,12H,5,8,14H2,1-4H3. The Morgan fingerprint density at radius 1 is 1.40 bits per heavy atom. The Hall–Kier alpha value is -0.890. The molecule has 0 saturated carbocycles. The molecule has 1 unspecified atom stereocenters. The lowest BCUT2D eigenvalue weighted by Crippen LogP contribution is -2.38. The van der Waals surface area contributed by atoms with E-state index in [4.69, 9.17) is 5.73 Å². The highest BCUT2D eigenvalue weighted by Gasteiger charge is 2.24. The number of aromatic nitrogens is 1. The maximum atomic E-state index is 6.19. The number of rotatable bonds is 4. The maximum Gasteiger partial charge on any atom is 0.0419 e. The first kappa shape index (κ1) is 12.2. The van der Waals surface area contributed by atoms with Gasteiger partial charge in [0.1, 0.15) is 0 Å². The molecule has 1 aromatic heterocycles. The molecule has 0 amide bonds.